The molecule has 2 heterocycles. The van der Waals surface area contributed by atoms with Crippen LogP contribution in [0.5, 0.6) is 5.75 Å². The zero-order valence-corrected chi connectivity index (χ0v) is 19.9. The van der Waals surface area contributed by atoms with Crippen molar-refractivity contribution in [3.63, 3.8) is 0 Å². The summed E-state index contributed by atoms with van der Waals surface area (Å²) in [6, 6.07) is 10.5. The topological polar surface area (TPSA) is 106 Å². The Kier molecular flexibility index (Phi) is 6.65. The number of thiazole rings is 1. The predicted molar refractivity (Wildman–Crippen MR) is 127 cm³/mol. The van der Waals surface area contributed by atoms with E-state index in [9.17, 15) is 23.9 Å². The van der Waals surface area contributed by atoms with Crippen molar-refractivity contribution in [1.82, 2.24) is 4.98 Å². The fourth-order valence-electron chi connectivity index (χ4n) is 3.79. The molecule has 0 bridgehead atoms. The molecule has 0 aliphatic carbocycles. The molecule has 1 N–H and O–H groups in total. The molecule has 35 heavy (non-hydrogen) atoms. The lowest BCUT2D eigenvalue weighted by atomic mass is 9.95. The summed E-state index contributed by atoms with van der Waals surface area (Å²) in [4.78, 5) is 44.1. The molecule has 8 nitrogen and oxygen atoms in total. The van der Waals surface area contributed by atoms with Gasteiger partial charge in [-0.05, 0) is 55.8 Å². The van der Waals surface area contributed by atoms with E-state index in [0.29, 0.717) is 29.2 Å². The van der Waals surface area contributed by atoms with Crippen LogP contribution in [0.1, 0.15) is 39.5 Å². The van der Waals surface area contributed by atoms with Crippen LogP contribution in [-0.4, -0.2) is 41.5 Å². The van der Waals surface area contributed by atoms with Crippen LogP contribution in [0.3, 0.4) is 0 Å². The molecule has 1 unspecified atom stereocenters. The lowest BCUT2D eigenvalue weighted by Crippen LogP contribution is -2.29. The zero-order chi connectivity index (χ0) is 25.3. The third-order valence-electron chi connectivity index (χ3n) is 5.43. The van der Waals surface area contributed by atoms with Gasteiger partial charge < -0.3 is 14.6 Å². The van der Waals surface area contributed by atoms with Gasteiger partial charge in [-0.15, -0.1) is 0 Å². The molecule has 10 heteroatoms. The van der Waals surface area contributed by atoms with E-state index >= 15 is 0 Å². The van der Waals surface area contributed by atoms with Crippen LogP contribution in [0.2, 0.25) is 0 Å². The van der Waals surface area contributed by atoms with Crippen LogP contribution in [0.25, 0.3) is 5.76 Å². The van der Waals surface area contributed by atoms with Gasteiger partial charge in [0.25, 0.3) is 5.78 Å². The van der Waals surface area contributed by atoms with Gasteiger partial charge in [0, 0.05) is 5.56 Å². The number of amides is 1. The van der Waals surface area contributed by atoms with Crippen molar-refractivity contribution >= 4 is 39.9 Å². The molecular formula is C25H21FN2O6S. The second kappa shape index (κ2) is 9.67. The number of rotatable bonds is 6. The molecule has 4 rings (SSSR count). The monoisotopic (exact) mass is 496 g/mol. The van der Waals surface area contributed by atoms with Crippen molar-refractivity contribution in [2.75, 3.05) is 18.6 Å². The van der Waals surface area contributed by atoms with E-state index < -0.39 is 35.3 Å². The highest BCUT2D eigenvalue weighted by atomic mass is 32.1. The molecular weight excluding hydrogens is 475 g/mol. The number of aliphatic hydroxyl groups is 1. The Morgan fingerprint density at radius 2 is 1.80 bits per heavy atom. The minimum absolute atomic E-state index is 0.0741. The maximum absolute atomic E-state index is 13.7. The lowest BCUT2D eigenvalue weighted by Gasteiger charge is -2.23. The summed E-state index contributed by atoms with van der Waals surface area (Å²) in [5, 5.41) is 11.2. The number of benzene rings is 2. The van der Waals surface area contributed by atoms with Crippen LogP contribution in [0.4, 0.5) is 9.52 Å². The SMILES string of the molecule is CCOc1ccc(C(O)=C2C(=O)C(=O)N(c3nc(C)c(C(=O)OC)s3)C2c2ccc(F)cc2)cc1. The van der Waals surface area contributed by atoms with E-state index in [1.807, 2.05) is 6.92 Å². The first-order valence-corrected chi connectivity index (χ1v) is 11.4. The van der Waals surface area contributed by atoms with Crippen molar-refractivity contribution in [3.05, 3.63) is 81.6 Å². The van der Waals surface area contributed by atoms with Crippen LogP contribution in [0.15, 0.2) is 54.1 Å². The number of esters is 1. The Bertz CT molecular complexity index is 1330. The van der Waals surface area contributed by atoms with E-state index in [1.165, 1.54) is 31.4 Å². The molecule has 1 aliphatic rings. The molecule has 1 atom stereocenters. The van der Waals surface area contributed by atoms with Crippen LogP contribution < -0.4 is 9.64 Å². The largest absolute Gasteiger partial charge is 0.507 e. The molecule has 0 saturated carbocycles. The summed E-state index contributed by atoms with van der Waals surface area (Å²) in [7, 11) is 1.22. The summed E-state index contributed by atoms with van der Waals surface area (Å²) in [5.74, 6) is -2.82. The highest BCUT2D eigenvalue weighted by Gasteiger charge is 2.48. The minimum Gasteiger partial charge on any atom is -0.507 e. The van der Waals surface area contributed by atoms with Gasteiger partial charge in [0.2, 0.25) is 0 Å². The Hall–Kier alpha value is -4.05. The van der Waals surface area contributed by atoms with E-state index in [2.05, 4.69) is 4.98 Å². The first-order valence-electron chi connectivity index (χ1n) is 10.6. The van der Waals surface area contributed by atoms with Gasteiger partial charge in [0.1, 0.15) is 22.2 Å². The smallest absolute Gasteiger partial charge is 0.350 e. The third kappa shape index (κ3) is 4.40. The molecule has 1 aliphatic heterocycles. The number of hydrogen-bond acceptors (Lipinski definition) is 8. The quantitative estimate of drug-likeness (QED) is 0.233. The number of ketones is 1. The molecule has 1 aromatic heterocycles. The van der Waals surface area contributed by atoms with E-state index in [1.54, 1.807) is 31.2 Å². The molecule has 2 aromatic carbocycles. The number of anilines is 1. The number of nitrogens with zero attached hydrogens (tertiary/aromatic N) is 2. The van der Waals surface area contributed by atoms with Gasteiger partial charge >= 0.3 is 11.9 Å². The lowest BCUT2D eigenvalue weighted by molar-refractivity contribution is -0.132. The van der Waals surface area contributed by atoms with Crippen molar-refractivity contribution in [2.24, 2.45) is 0 Å². The Labute approximate surface area is 204 Å². The van der Waals surface area contributed by atoms with Crippen LogP contribution in [0, 0.1) is 12.7 Å². The average Bonchev–Trinajstić information content (AvgIpc) is 3.36. The second-order valence-corrected chi connectivity index (χ2v) is 8.56. The third-order valence-corrected chi connectivity index (χ3v) is 6.57. The maximum atomic E-state index is 13.7. The molecule has 3 aromatic rings. The number of carbonyl (C=O) groups is 3. The number of Topliss-reactive ketones (excluding diaryl/α,β-unsaturated/α-hetero) is 1. The summed E-state index contributed by atoms with van der Waals surface area (Å²) >= 11 is 0.886. The number of aryl methyl sites for hydroxylation is 1. The first-order chi connectivity index (χ1) is 16.8. The Morgan fingerprint density at radius 1 is 1.14 bits per heavy atom. The number of ether oxygens (including phenoxy) is 2. The normalized spacial score (nSPS) is 17.0. The van der Waals surface area contributed by atoms with Crippen LogP contribution >= 0.6 is 11.3 Å². The molecule has 1 saturated heterocycles. The Balaban J connectivity index is 1.89. The van der Waals surface area contributed by atoms with Gasteiger partial charge in [-0.1, -0.05) is 23.5 Å². The number of hydrogen-bond donors (Lipinski definition) is 1. The molecule has 1 fully saturated rings. The second-order valence-electron chi connectivity index (χ2n) is 7.58. The summed E-state index contributed by atoms with van der Waals surface area (Å²) in [6.45, 7) is 3.88. The average molecular weight is 497 g/mol. The number of aliphatic hydroxyl groups excluding tert-OH is 1. The van der Waals surface area contributed by atoms with Gasteiger partial charge in [-0.25, -0.2) is 14.2 Å². The molecule has 1 amide bonds. The van der Waals surface area contributed by atoms with Gasteiger partial charge in [-0.2, -0.15) is 0 Å². The van der Waals surface area contributed by atoms with E-state index in [-0.39, 0.29) is 15.6 Å². The van der Waals surface area contributed by atoms with Crippen LogP contribution in [-0.2, 0) is 14.3 Å². The standard InChI is InChI=1S/C25H21FN2O6S/c1-4-34-17-11-7-15(8-12-17)20(29)18-19(14-5-9-16(26)10-6-14)28(23(31)21(18)30)25-27-13(2)22(35-25)24(32)33-3/h5-12,19,29H,4H2,1-3H3. The van der Waals surface area contributed by atoms with Gasteiger partial charge in [-0.3, -0.25) is 14.5 Å². The predicted octanol–water partition coefficient (Wildman–Crippen LogP) is 4.40. The highest BCUT2D eigenvalue weighted by Crippen LogP contribution is 2.44. The van der Waals surface area contributed by atoms with Gasteiger partial charge in [0.05, 0.1) is 31.0 Å². The van der Waals surface area contributed by atoms with Crippen molar-refractivity contribution in [2.45, 2.75) is 19.9 Å². The molecule has 0 radical (unpaired) electrons. The first kappa shape index (κ1) is 24.1. The van der Waals surface area contributed by atoms with Gasteiger partial charge in [0.15, 0.2) is 5.13 Å². The number of halogens is 1. The van der Waals surface area contributed by atoms with E-state index in [0.717, 1.165) is 16.2 Å². The number of methoxy groups -OCH3 is 1. The fourth-order valence-corrected chi connectivity index (χ4v) is 4.80. The van der Waals surface area contributed by atoms with Crippen molar-refractivity contribution < 1.29 is 33.4 Å². The summed E-state index contributed by atoms with van der Waals surface area (Å²) in [6.07, 6.45) is 0. The fraction of sp³-hybridized carbons (Fsp3) is 0.200. The van der Waals surface area contributed by atoms with E-state index in [4.69, 9.17) is 9.47 Å². The van der Waals surface area contributed by atoms with Crippen molar-refractivity contribution in [1.29, 1.82) is 0 Å². The molecule has 0 spiro atoms. The summed E-state index contributed by atoms with van der Waals surface area (Å²) in [5.41, 5.74) is 0.816. The molecule has 180 valence electrons. The number of aromatic nitrogens is 1. The Morgan fingerprint density at radius 3 is 2.40 bits per heavy atom. The number of carbonyl (C=O) groups excluding carboxylic acids is 3. The maximum Gasteiger partial charge on any atom is 0.350 e. The zero-order valence-electron chi connectivity index (χ0n) is 19.1. The highest BCUT2D eigenvalue weighted by molar-refractivity contribution is 7.17. The summed E-state index contributed by atoms with van der Waals surface area (Å²) < 4.78 is 23.9. The minimum atomic E-state index is -1.10. The van der Waals surface area contributed by atoms with Crippen molar-refractivity contribution in [3.8, 4) is 5.75 Å².